The molecule has 1 aliphatic heterocycles. The number of halogens is 1. The number of amides is 1. The zero-order valence-electron chi connectivity index (χ0n) is 12.4. The minimum absolute atomic E-state index is 0.0838. The molecule has 0 unspecified atom stereocenters. The Morgan fingerprint density at radius 3 is 2.67 bits per heavy atom. The molecular weight excluding hydrogens is 292 g/mol. The van der Waals surface area contributed by atoms with Gasteiger partial charge in [-0.2, -0.15) is 0 Å². The van der Waals surface area contributed by atoms with Gasteiger partial charge in [0.1, 0.15) is 10.8 Å². The van der Waals surface area contributed by atoms with Crippen molar-refractivity contribution in [3.05, 3.63) is 28.9 Å². The molecule has 5 nitrogen and oxygen atoms in total. The minimum Gasteiger partial charge on any atom is -0.493 e. The molecule has 0 aromatic carbocycles. The summed E-state index contributed by atoms with van der Waals surface area (Å²) in [7, 11) is 0. The summed E-state index contributed by atoms with van der Waals surface area (Å²) < 4.78 is 5.34. The smallest absolute Gasteiger partial charge is 0.410 e. The number of rotatable bonds is 1. The molecule has 2 rings (SSSR count). The molecule has 0 bridgehead atoms. The summed E-state index contributed by atoms with van der Waals surface area (Å²) in [6.45, 7) is 6.52. The van der Waals surface area contributed by atoms with E-state index in [0.29, 0.717) is 25.1 Å². The Hall–Kier alpha value is -1.75. The van der Waals surface area contributed by atoms with E-state index in [0.717, 1.165) is 5.57 Å². The second-order valence-electron chi connectivity index (χ2n) is 5.91. The zero-order chi connectivity index (χ0) is 15.6. The fraction of sp³-hybridized carbons (Fsp3) is 0.467. The molecule has 0 spiro atoms. The molecule has 114 valence electrons. The van der Waals surface area contributed by atoms with Crippen molar-refractivity contribution in [2.75, 3.05) is 13.1 Å². The Bertz CT molecular complexity index is 579. The highest BCUT2D eigenvalue weighted by Crippen LogP contribution is 2.29. The van der Waals surface area contributed by atoms with Gasteiger partial charge in [-0.3, -0.25) is 0 Å². The van der Waals surface area contributed by atoms with Gasteiger partial charge in [-0.1, -0.05) is 17.7 Å². The lowest BCUT2D eigenvalue weighted by molar-refractivity contribution is 0.0270. The van der Waals surface area contributed by atoms with Crippen molar-refractivity contribution in [3.63, 3.8) is 0 Å². The standard InChI is InChI=1S/C15H19ClN2O3/c1-15(2,3)21-14(20)18-8-6-10(7-9-18)11-4-5-12(16)17-13(11)19/h4-6H,7-9H2,1-3H3,(H,17,19). The highest BCUT2D eigenvalue weighted by atomic mass is 35.5. The van der Waals surface area contributed by atoms with Gasteiger partial charge >= 0.3 is 6.09 Å². The molecule has 1 aromatic heterocycles. The number of pyridine rings is 1. The molecule has 1 aromatic rings. The summed E-state index contributed by atoms with van der Waals surface area (Å²) in [5.41, 5.74) is 1.11. The molecule has 0 saturated carbocycles. The highest BCUT2D eigenvalue weighted by molar-refractivity contribution is 6.29. The van der Waals surface area contributed by atoms with Crippen LogP contribution in [0.3, 0.4) is 0 Å². The van der Waals surface area contributed by atoms with Crippen LogP contribution in [0.4, 0.5) is 4.79 Å². The van der Waals surface area contributed by atoms with Crippen LogP contribution in [0.5, 0.6) is 5.88 Å². The molecule has 2 heterocycles. The third-order valence-corrected chi connectivity index (χ3v) is 3.26. The van der Waals surface area contributed by atoms with Crippen LogP contribution in [0.25, 0.3) is 5.57 Å². The molecule has 6 heteroatoms. The van der Waals surface area contributed by atoms with Crippen molar-refractivity contribution < 1.29 is 14.6 Å². The number of aromatic hydroxyl groups is 1. The SMILES string of the molecule is CC(C)(C)OC(=O)N1CC=C(c2ccc(Cl)nc2O)CC1. The third-order valence-electron chi connectivity index (χ3n) is 3.05. The van der Waals surface area contributed by atoms with Crippen LogP contribution in [0.1, 0.15) is 32.8 Å². The van der Waals surface area contributed by atoms with Crippen LogP contribution >= 0.6 is 11.6 Å². The summed E-state index contributed by atoms with van der Waals surface area (Å²) in [6, 6.07) is 3.37. The monoisotopic (exact) mass is 310 g/mol. The van der Waals surface area contributed by atoms with E-state index in [1.165, 1.54) is 0 Å². The van der Waals surface area contributed by atoms with E-state index >= 15 is 0 Å². The molecular formula is C15H19ClN2O3. The van der Waals surface area contributed by atoms with Gasteiger partial charge in [-0.25, -0.2) is 9.78 Å². The van der Waals surface area contributed by atoms with E-state index < -0.39 is 5.60 Å². The van der Waals surface area contributed by atoms with Crippen molar-refractivity contribution in [1.82, 2.24) is 9.88 Å². The predicted molar refractivity (Wildman–Crippen MR) is 81.3 cm³/mol. The first-order valence-electron chi connectivity index (χ1n) is 6.79. The van der Waals surface area contributed by atoms with Gasteiger partial charge in [0.2, 0.25) is 5.88 Å². The van der Waals surface area contributed by atoms with E-state index in [4.69, 9.17) is 16.3 Å². The largest absolute Gasteiger partial charge is 0.493 e. The maximum Gasteiger partial charge on any atom is 0.410 e. The molecule has 1 N–H and O–H groups in total. The van der Waals surface area contributed by atoms with Crippen LogP contribution in [-0.4, -0.2) is 39.8 Å². The van der Waals surface area contributed by atoms with Gasteiger partial charge in [0.05, 0.1) is 0 Å². The van der Waals surface area contributed by atoms with E-state index in [9.17, 15) is 9.90 Å². The first kappa shape index (κ1) is 15.6. The van der Waals surface area contributed by atoms with E-state index in [-0.39, 0.29) is 17.1 Å². The minimum atomic E-state index is -0.501. The Kier molecular flexibility index (Phi) is 4.42. The van der Waals surface area contributed by atoms with Crippen LogP contribution in [0, 0.1) is 0 Å². The number of aromatic nitrogens is 1. The van der Waals surface area contributed by atoms with Crippen LogP contribution < -0.4 is 0 Å². The molecule has 0 fully saturated rings. The normalized spacial score (nSPS) is 15.6. The number of carbonyl (C=O) groups is 1. The second-order valence-corrected chi connectivity index (χ2v) is 6.30. The first-order chi connectivity index (χ1) is 9.76. The van der Waals surface area contributed by atoms with Crippen molar-refractivity contribution in [2.24, 2.45) is 0 Å². The Balaban J connectivity index is 2.07. The number of hydrogen-bond acceptors (Lipinski definition) is 4. The summed E-state index contributed by atoms with van der Waals surface area (Å²) in [6.07, 6.45) is 2.21. The fourth-order valence-electron chi connectivity index (χ4n) is 2.08. The molecule has 0 aliphatic carbocycles. The van der Waals surface area contributed by atoms with E-state index in [2.05, 4.69) is 4.98 Å². The lowest BCUT2D eigenvalue weighted by Crippen LogP contribution is -2.39. The molecule has 0 atom stereocenters. The summed E-state index contributed by atoms with van der Waals surface area (Å²) in [5, 5.41) is 10.1. The number of nitrogens with zero attached hydrogens (tertiary/aromatic N) is 2. The predicted octanol–water partition coefficient (Wildman–Crippen LogP) is 3.46. The Morgan fingerprint density at radius 1 is 1.43 bits per heavy atom. The number of carbonyl (C=O) groups excluding carboxylic acids is 1. The van der Waals surface area contributed by atoms with Gasteiger partial charge in [0.15, 0.2) is 0 Å². The van der Waals surface area contributed by atoms with Gasteiger partial charge in [-0.15, -0.1) is 0 Å². The first-order valence-corrected chi connectivity index (χ1v) is 7.17. The molecule has 1 aliphatic rings. The Labute approximate surface area is 129 Å². The average molecular weight is 311 g/mol. The van der Waals surface area contributed by atoms with Crippen LogP contribution in [0.2, 0.25) is 5.15 Å². The summed E-state index contributed by atoms with van der Waals surface area (Å²) in [5.74, 6) is -0.0838. The van der Waals surface area contributed by atoms with Crippen LogP contribution in [-0.2, 0) is 4.74 Å². The molecule has 1 amide bonds. The average Bonchev–Trinajstić information content (AvgIpc) is 2.37. The maximum absolute atomic E-state index is 12.0. The van der Waals surface area contributed by atoms with Crippen molar-refractivity contribution >= 4 is 23.3 Å². The second kappa shape index (κ2) is 5.93. The Morgan fingerprint density at radius 2 is 2.14 bits per heavy atom. The molecule has 0 saturated heterocycles. The van der Waals surface area contributed by atoms with Crippen molar-refractivity contribution in [2.45, 2.75) is 32.8 Å². The van der Waals surface area contributed by atoms with Gasteiger partial charge < -0.3 is 14.7 Å². The lowest BCUT2D eigenvalue weighted by Gasteiger charge is -2.29. The van der Waals surface area contributed by atoms with Crippen LogP contribution in [0.15, 0.2) is 18.2 Å². The number of ether oxygens (including phenoxy) is 1. The topological polar surface area (TPSA) is 62.7 Å². The van der Waals surface area contributed by atoms with E-state index in [1.54, 1.807) is 17.0 Å². The fourth-order valence-corrected chi connectivity index (χ4v) is 2.23. The van der Waals surface area contributed by atoms with Gasteiger partial charge in [0, 0.05) is 18.7 Å². The van der Waals surface area contributed by atoms with Gasteiger partial charge in [-0.05, 0) is 44.9 Å². The quantitative estimate of drug-likeness (QED) is 0.807. The maximum atomic E-state index is 12.0. The number of hydrogen-bond donors (Lipinski definition) is 1. The zero-order valence-corrected chi connectivity index (χ0v) is 13.1. The van der Waals surface area contributed by atoms with E-state index in [1.807, 2.05) is 26.8 Å². The summed E-state index contributed by atoms with van der Waals surface area (Å²) in [4.78, 5) is 17.4. The lowest BCUT2D eigenvalue weighted by atomic mass is 10.0. The molecule has 0 radical (unpaired) electrons. The third kappa shape index (κ3) is 4.11. The summed E-state index contributed by atoms with van der Waals surface area (Å²) >= 11 is 5.72. The van der Waals surface area contributed by atoms with Crippen molar-refractivity contribution in [3.8, 4) is 5.88 Å². The molecule has 21 heavy (non-hydrogen) atoms. The van der Waals surface area contributed by atoms with Gasteiger partial charge in [0.25, 0.3) is 0 Å². The highest BCUT2D eigenvalue weighted by Gasteiger charge is 2.24. The van der Waals surface area contributed by atoms with Crippen molar-refractivity contribution in [1.29, 1.82) is 0 Å².